The Labute approximate surface area is 96.1 Å². The Morgan fingerprint density at radius 3 is 2.06 bits per heavy atom. The standard InChI is InChI=1S/C14H17NO/c1-13(2)14(9-12(16)15-13)7-10-5-3-4-6-11(10)8-14/h3-6H,7-9H2,1-2H3,(H,15,16). The highest BCUT2D eigenvalue weighted by molar-refractivity contribution is 5.81. The van der Waals surface area contributed by atoms with Gasteiger partial charge in [-0.1, -0.05) is 24.3 Å². The van der Waals surface area contributed by atoms with Crippen LogP contribution in [0.15, 0.2) is 24.3 Å². The molecule has 0 unspecified atom stereocenters. The molecule has 1 aliphatic heterocycles. The summed E-state index contributed by atoms with van der Waals surface area (Å²) in [6, 6.07) is 8.58. The Balaban J connectivity index is 2.03. The molecule has 2 aliphatic rings. The Hall–Kier alpha value is -1.31. The Morgan fingerprint density at radius 2 is 1.62 bits per heavy atom. The minimum Gasteiger partial charge on any atom is -0.351 e. The van der Waals surface area contributed by atoms with Crippen LogP contribution in [0, 0.1) is 5.41 Å². The van der Waals surface area contributed by atoms with Gasteiger partial charge in [-0.15, -0.1) is 0 Å². The average Bonchev–Trinajstić information content (AvgIpc) is 2.64. The smallest absolute Gasteiger partial charge is 0.221 e. The van der Waals surface area contributed by atoms with Crippen molar-refractivity contribution in [3.8, 4) is 0 Å². The molecule has 1 aliphatic carbocycles. The predicted octanol–water partition coefficient (Wildman–Crippen LogP) is 2.07. The third kappa shape index (κ3) is 1.16. The van der Waals surface area contributed by atoms with Gasteiger partial charge in [-0.05, 0) is 37.8 Å². The van der Waals surface area contributed by atoms with Gasteiger partial charge in [-0.25, -0.2) is 0 Å². The van der Waals surface area contributed by atoms with Crippen LogP contribution in [-0.4, -0.2) is 11.4 Å². The van der Waals surface area contributed by atoms with E-state index in [1.807, 2.05) is 0 Å². The van der Waals surface area contributed by atoms with Crippen molar-refractivity contribution < 1.29 is 4.79 Å². The van der Waals surface area contributed by atoms with Crippen molar-refractivity contribution in [3.63, 3.8) is 0 Å². The van der Waals surface area contributed by atoms with E-state index in [2.05, 4.69) is 43.4 Å². The number of benzene rings is 1. The lowest BCUT2D eigenvalue weighted by Crippen LogP contribution is -2.47. The highest BCUT2D eigenvalue weighted by Gasteiger charge is 2.54. The maximum Gasteiger partial charge on any atom is 0.221 e. The van der Waals surface area contributed by atoms with Crippen molar-refractivity contribution in [3.05, 3.63) is 35.4 Å². The number of hydrogen-bond donors (Lipinski definition) is 1. The Morgan fingerprint density at radius 1 is 1.06 bits per heavy atom. The summed E-state index contributed by atoms with van der Waals surface area (Å²) < 4.78 is 0. The van der Waals surface area contributed by atoms with E-state index in [0.29, 0.717) is 6.42 Å². The third-order valence-corrected chi connectivity index (χ3v) is 4.45. The van der Waals surface area contributed by atoms with Crippen LogP contribution in [-0.2, 0) is 17.6 Å². The van der Waals surface area contributed by atoms with E-state index in [-0.39, 0.29) is 16.9 Å². The minimum atomic E-state index is -0.0803. The molecule has 1 spiro atoms. The van der Waals surface area contributed by atoms with Crippen molar-refractivity contribution in [1.82, 2.24) is 5.32 Å². The van der Waals surface area contributed by atoms with Gasteiger partial charge in [0.25, 0.3) is 0 Å². The molecule has 1 fully saturated rings. The SMILES string of the molecule is CC1(C)NC(=O)CC12Cc1ccccc1C2. The fraction of sp³-hybridized carbons (Fsp3) is 0.500. The number of hydrogen-bond acceptors (Lipinski definition) is 1. The first kappa shape index (κ1) is 9.88. The zero-order valence-electron chi connectivity index (χ0n) is 9.84. The quantitative estimate of drug-likeness (QED) is 0.705. The third-order valence-electron chi connectivity index (χ3n) is 4.45. The fourth-order valence-electron chi connectivity index (χ4n) is 3.31. The molecule has 0 radical (unpaired) electrons. The van der Waals surface area contributed by atoms with Crippen LogP contribution in [0.3, 0.4) is 0 Å². The lowest BCUT2D eigenvalue weighted by molar-refractivity contribution is -0.119. The summed E-state index contributed by atoms with van der Waals surface area (Å²) in [6.07, 6.45) is 2.75. The second kappa shape index (κ2) is 2.88. The highest BCUT2D eigenvalue weighted by atomic mass is 16.2. The van der Waals surface area contributed by atoms with Gasteiger partial charge in [-0.3, -0.25) is 4.79 Å². The Bertz CT molecular complexity index is 437. The monoisotopic (exact) mass is 215 g/mol. The van der Waals surface area contributed by atoms with Crippen molar-refractivity contribution in [2.24, 2.45) is 5.41 Å². The minimum absolute atomic E-state index is 0.0803. The van der Waals surface area contributed by atoms with Crippen LogP contribution in [0.1, 0.15) is 31.4 Å². The van der Waals surface area contributed by atoms with Crippen molar-refractivity contribution in [1.29, 1.82) is 0 Å². The summed E-state index contributed by atoms with van der Waals surface area (Å²) >= 11 is 0. The molecule has 1 heterocycles. The van der Waals surface area contributed by atoms with Gasteiger partial charge in [0.2, 0.25) is 5.91 Å². The van der Waals surface area contributed by atoms with Crippen LogP contribution < -0.4 is 5.32 Å². The van der Waals surface area contributed by atoms with Gasteiger partial charge in [0, 0.05) is 17.4 Å². The molecule has 0 aromatic heterocycles. The van der Waals surface area contributed by atoms with Crippen LogP contribution in [0.5, 0.6) is 0 Å². The van der Waals surface area contributed by atoms with E-state index in [0.717, 1.165) is 12.8 Å². The molecule has 0 atom stereocenters. The van der Waals surface area contributed by atoms with E-state index >= 15 is 0 Å². The van der Waals surface area contributed by atoms with E-state index in [1.165, 1.54) is 11.1 Å². The first-order valence-electron chi connectivity index (χ1n) is 5.90. The normalized spacial score (nSPS) is 24.5. The molecule has 1 aromatic rings. The molecule has 1 amide bonds. The second-order valence-corrected chi connectivity index (χ2v) is 5.75. The molecule has 0 bridgehead atoms. The number of rotatable bonds is 0. The number of nitrogens with one attached hydrogen (secondary N) is 1. The molecule has 2 nitrogen and oxygen atoms in total. The van der Waals surface area contributed by atoms with Crippen molar-refractivity contribution in [2.75, 3.05) is 0 Å². The molecule has 0 saturated carbocycles. The van der Waals surface area contributed by atoms with Gasteiger partial charge in [-0.2, -0.15) is 0 Å². The summed E-state index contributed by atoms with van der Waals surface area (Å²) in [5.41, 5.74) is 2.87. The summed E-state index contributed by atoms with van der Waals surface area (Å²) in [6.45, 7) is 4.31. The second-order valence-electron chi connectivity index (χ2n) is 5.75. The molecule has 2 heteroatoms. The van der Waals surface area contributed by atoms with Crippen LogP contribution in [0.4, 0.5) is 0 Å². The maximum atomic E-state index is 11.7. The summed E-state index contributed by atoms with van der Waals surface area (Å²) in [5.74, 6) is 0.206. The van der Waals surface area contributed by atoms with E-state index in [1.54, 1.807) is 0 Å². The van der Waals surface area contributed by atoms with Gasteiger partial charge in [0.05, 0.1) is 0 Å². The first-order valence-corrected chi connectivity index (χ1v) is 5.90. The molecular weight excluding hydrogens is 198 g/mol. The number of carbonyl (C=O) groups excluding carboxylic acids is 1. The van der Waals surface area contributed by atoms with Gasteiger partial charge in [0.1, 0.15) is 0 Å². The highest BCUT2D eigenvalue weighted by Crippen LogP contribution is 2.50. The van der Waals surface area contributed by atoms with E-state index in [4.69, 9.17) is 0 Å². The van der Waals surface area contributed by atoms with Gasteiger partial charge >= 0.3 is 0 Å². The zero-order valence-corrected chi connectivity index (χ0v) is 9.84. The summed E-state index contributed by atoms with van der Waals surface area (Å²) in [7, 11) is 0. The van der Waals surface area contributed by atoms with Crippen molar-refractivity contribution in [2.45, 2.75) is 38.6 Å². The van der Waals surface area contributed by atoms with Gasteiger partial charge < -0.3 is 5.32 Å². The lowest BCUT2D eigenvalue weighted by atomic mass is 9.70. The molecule has 84 valence electrons. The topological polar surface area (TPSA) is 29.1 Å². The molecule has 16 heavy (non-hydrogen) atoms. The molecule has 3 rings (SSSR count). The molecule has 1 N–H and O–H groups in total. The average molecular weight is 215 g/mol. The van der Waals surface area contributed by atoms with E-state index < -0.39 is 0 Å². The Kier molecular flexibility index (Phi) is 1.78. The predicted molar refractivity (Wildman–Crippen MR) is 63.1 cm³/mol. The van der Waals surface area contributed by atoms with Crippen LogP contribution >= 0.6 is 0 Å². The van der Waals surface area contributed by atoms with Gasteiger partial charge in [0.15, 0.2) is 0 Å². The summed E-state index contributed by atoms with van der Waals surface area (Å²) in [5, 5.41) is 3.12. The molecular formula is C14H17NO. The maximum absolute atomic E-state index is 11.7. The van der Waals surface area contributed by atoms with E-state index in [9.17, 15) is 4.79 Å². The number of carbonyl (C=O) groups is 1. The van der Waals surface area contributed by atoms with Crippen LogP contribution in [0.25, 0.3) is 0 Å². The first-order chi connectivity index (χ1) is 7.52. The fourth-order valence-corrected chi connectivity index (χ4v) is 3.31. The lowest BCUT2D eigenvalue weighted by Gasteiger charge is -2.36. The van der Waals surface area contributed by atoms with Crippen molar-refractivity contribution >= 4 is 5.91 Å². The molecule has 1 saturated heterocycles. The largest absolute Gasteiger partial charge is 0.351 e. The molecule has 1 aromatic carbocycles. The number of fused-ring (bicyclic) bond motifs is 1. The number of amides is 1. The van der Waals surface area contributed by atoms with Crippen LogP contribution in [0.2, 0.25) is 0 Å². The zero-order chi connectivity index (χ0) is 11.4. The summed E-state index contributed by atoms with van der Waals surface area (Å²) in [4.78, 5) is 11.7.